The Morgan fingerprint density at radius 2 is 1.77 bits per heavy atom. The highest BCUT2D eigenvalue weighted by atomic mass is 32.2. The minimum atomic E-state index is -3.74. The Bertz CT molecular complexity index is 993. The SMILES string of the molecule is Cc1cc(C)c(S(=O)(=O)N2CCCC2C(=O)NCCCc2ccc(O)cc2)c(C)c1. The van der Waals surface area contributed by atoms with Gasteiger partial charge < -0.3 is 10.4 Å². The molecule has 1 amide bonds. The largest absolute Gasteiger partial charge is 0.508 e. The summed E-state index contributed by atoms with van der Waals surface area (Å²) in [5.41, 5.74) is 3.53. The van der Waals surface area contributed by atoms with Crippen molar-refractivity contribution in [3.63, 3.8) is 0 Å². The summed E-state index contributed by atoms with van der Waals surface area (Å²) in [5.74, 6) is -0.00200. The van der Waals surface area contributed by atoms with Gasteiger partial charge in [-0.1, -0.05) is 29.8 Å². The quantitative estimate of drug-likeness (QED) is 0.661. The van der Waals surface area contributed by atoms with Crippen LogP contribution in [-0.4, -0.2) is 42.9 Å². The van der Waals surface area contributed by atoms with E-state index < -0.39 is 16.1 Å². The number of nitrogens with zero attached hydrogens (tertiary/aromatic N) is 1. The van der Waals surface area contributed by atoms with Gasteiger partial charge in [-0.05, 0) is 75.3 Å². The number of hydrogen-bond donors (Lipinski definition) is 2. The number of rotatable bonds is 7. The second kappa shape index (κ2) is 9.18. The fraction of sp³-hybridized carbons (Fsp3) is 0.435. The van der Waals surface area contributed by atoms with Gasteiger partial charge in [0.2, 0.25) is 15.9 Å². The topological polar surface area (TPSA) is 86.7 Å². The molecule has 1 heterocycles. The molecule has 2 aromatic carbocycles. The Labute approximate surface area is 179 Å². The number of aryl methyl sites for hydroxylation is 4. The van der Waals surface area contributed by atoms with Crippen molar-refractivity contribution in [2.45, 2.75) is 57.4 Å². The molecule has 30 heavy (non-hydrogen) atoms. The molecule has 2 aromatic rings. The van der Waals surface area contributed by atoms with Crippen LogP contribution in [0.2, 0.25) is 0 Å². The first kappa shape index (κ1) is 22.3. The average molecular weight is 431 g/mol. The number of benzene rings is 2. The van der Waals surface area contributed by atoms with Crippen LogP contribution in [0.1, 0.15) is 41.5 Å². The number of hydrogen-bond acceptors (Lipinski definition) is 4. The maximum atomic E-state index is 13.4. The summed E-state index contributed by atoms with van der Waals surface area (Å²) in [6, 6.07) is 10.1. The normalized spacial score (nSPS) is 17.2. The number of phenols is 1. The fourth-order valence-corrected chi connectivity index (χ4v) is 6.34. The van der Waals surface area contributed by atoms with E-state index in [2.05, 4.69) is 5.32 Å². The molecule has 1 fully saturated rings. The van der Waals surface area contributed by atoms with E-state index in [0.29, 0.717) is 42.0 Å². The number of nitrogens with one attached hydrogen (secondary N) is 1. The number of carbonyl (C=O) groups excluding carboxylic acids is 1. The van der Waals surface area contributed by atoms with Crippen molar-refractivity contribution in [3.8, 4) is 5.75 Å². The van der Waals surface area contributed by atoms with Gasteiger partial charge >= 0.3 is 0 Å². The number of aromatic hydroxyl groups is 1. The Kier molecular flexibility index (Phi) is 6.83. The Balaban J connectivity index is 1.64. The Morgan fingerprint density at radius 1 is 1.13 bits per heavy atom. The second-order valence-electron chi connectivity index (χ2n) is 8.06. The fourth-order valence-electron chi connectivity index (χ4n) is 4.27. The summed E-state index contributed by atoms with van der Waals surface area (Å²) in [6.45, 7) is 6.40. The van der Waals surface area contributed by atoms with Gasteiger partial charge in [-0.25, -0.2) is 8.42 Å². The van der Waals surface area contributed by atoms with Crippen molar-refractivity contribution in [1.29, 1.82) is 0 Å². The van der Waals surface area contributed by atoms with Crippen molar-refractivity contribution in [2.75, 3.05) is 13.1 Å². The molecule has 162 valence electrons. The third kappa shape index (κ3) is 4.84. The van der Waals surface area contributed by atoms with Gasteiger partial charge in [-0.2, -0.15) is 4.31 Å². The molecule has 1 unspecified atom stereocenters. The lowest BCUT2D eigenvalue weighted by atomic mass is 10.1. The van der Waals surface area contributed by atoms with Gasteiger partial charge in [0.15, 0.2) is 0 Å². The van der Waals surface area contributed by atoms with Crippen LogP contribution < -0.4 is 5.32 Å². The number of sulfonamides is 1. The van der Waals surface area contributed by atoms with Crippen LogP contribution in [0.15, 0.2) is 41.3 Å². The maximum absolute atomic E-state index is 13.4. The van der Waals surface area contributed by atoms with Crippen LogP contribution in [0.25, 0.3) is 0 Å². The first-order valence-electron chi connectivity index (χ1n) is 10.4. The molecule has 0 aliphatic carbocycles. The molecule has 0 aromatic heterocycles. The molecule has 1 aliphatic heterocycles. The van der Waals surface area contributed by atoms with Crippen molar-refractivity contribution in [3.05, 3.63) is 58.7 Å². The van der Waals surface area contributed by atoms with Crippen molar-refractivity contribution in [2.24, 2.45) is 0 Å². The van der Waals surface area contributed by atoms with E-state index in [1.165, 1.54) is 4.31 Å². The van der Waals surface area contributed by atoms with E-state index in [1.807, 2.05) is 31.2 Å². The van der Waals surface area contributed by atoms with Crippen LogP contribution >= 0.6 is 0 Å². The molecule has 0 spiro atoms. The van der Waals surface area contributed by atoms with Gasteiger partial charge in [-0.3, -0.25) is 4.79 Å². The lowest BCUT2D eigenvalue weighted by Gasteiger charge is -2.25. The molecule has 6 nitrogen and oxygen atoms in total. The van der Waals surface area contributed by atoms with Crippen LogP contribution in [0, 0.1) is 20.8 Å². The summed E-state index contributed by atoms with van der Waals surface area (Å²) in [4.78, 5) is 13.1. The lowest BCUT2D eigenvalue weighted by Crippen LogP contribution is -2.46. The van der Waals surface area contributed by atoms with Crippen LogP contribution in [0.5, 0.6) is 5.75 Å². The molecular weight excluding hydrogens is 400 g/mol. The molecule has 0 saturated carbocycles. The molecule has 0 bridgehead atoms. The molecule has 3 rings (SSSR count). The van der Waals surface area contributed by atoms with Gasteiger partial charge in [0, 0.05) is 13.1 Å². The highest BCUT2D eigenvalue weighted by molar-refractivity contribution is 7.89. The molecule has 1 saturated heterocycles. The summed E-state index contributed by atoms with van der Waals surface area (Å²) in [7, 11) is -3.74. The average Bonchev–Trinajstić information content (AvgIpc) is 3.16. The first-order chi connectivity index (χ1) is 14.2. The van der Waals surface area contributed by atoms with Gasteiger partial charge in [0.05, 0.1) is 4.90 Å². The third-order valence-electron chi connectivity index (χ3n) is 5.56. The highest BCUT2D eigenvalue weighted by Crippen LogP contribution is 2.30. The lowest BCUT2D eigenvalue weighted by molar-refractivity contribution is -0.124. The van der Waals surface area contributed by atoms with E-state index in [4.69, 9.17) is 0 Å². The van der Waals surface area contributed by atoms with Crippen LogP contribution in [0.4, 0.5) is 0 Å². The highest BCUT2D eigenvalue weighted by Gasteiger charge is 2.40. The number of carbonyl (C=O) groups is 1. The maximum Gasteiger partial charge on any atom is 0.244 e. The molecule has 1 aliphatic rings. The minimum Gasteiger partial charge on any atom is -0.508 e. The number of phenolic OH excluding ortho intramolecular Hbond substituents is 1. The molecule has 1 atom stereocenters. The van der Waals surface area contributed by atoms with Gasteiger partial charge in [-0.15, -0.1) is 0 Å². The van der Waals surface area contributed by atoms with E-state index in [1.54, 1.807) is 26.0 Å². The first-order valence-corrected chi connectivity index (χ1v) is 11.8. The predicted molar refractivity (Wildman–Crippen MR) is 117 cm³/mol. The monoisotopic (exact) mass is 430 g/mol. The predicted octanol–water partition coefficient (Wildman–Crippen LogP) is 3.22. The zero-order valence-corrected chi connectivity index (χ0v) is 18.6. The second-order valence-corrected chi connectivity index (χ2v) is 9.89. The summed E-state index contributed by atoms with van der Waals surface area (Å²) in [6.07, 6.45) is 2.73. The Morgan fingerprint density at radius 3 is 2.40 bits per heavy atom. The van der Waals surface area contributed by atoms with Crippen molar-refractivity contribution >= 4 is 15.9 Å². The summed E-state index contributed by atoms with van der Waals surface area (Å²) >= 11 is 0. The van der Waals surface area contributed by atoms with Crippen molar-refractivity contribution in [1.82, 2.24) is 9.62 Å². The third-order valence-corrected chi connectivity index (χ3v) is 7.77. The zero-order chi connectivity index (χ0) is 21.9. The molecular formula is C23H30N2O4S. The van der Waals surface area contributed by atoms with E-state index in [-0.39, 0.29) is 11.7 Å². The van der Waals surface area contributed by atoms with E-state index >= 15 is 0 Å². The summed E-state index contributed by atoms with van der Waals surface area (Å²) in [5, 5.41) is 12.2. The van der Waals surface area contributed by atoms with Gasteiger partial charge in [0.25, 0.3) is 0 Å². The van der Waals surface area contributed by atoms with Gasteiger partial charge in [0.1, 0.15) is 11.8 Å². The molecule has 0 radical (unpaired) electrons. The van der Waals surface area contributed by atoms with Crippen LogP contribution in [0.3, 0.4) is 0 Å². The van der Waals surface area contributed by atoms with E-state index in [9.17, 15) is 18.3 Å². The molecule has 7 heteroatoms. The van der Waals surface area contributed by atoms with Crippen molar-refractivity contribution < 1.29 is 18.3 Å². The Hall–Kier alpha value is -2.38. The minimum absolute atomic E-state index is 0.230. The smallest absolute Gasteiger partial charge is 0.244 e. The standard InChI is InChI=1S/C23H30N2O4S/c1-16-14-17(2)22(18(3)15-16)30(28,29)25-13-5-7-21(25)23(27)24-12-4-6-19-8-10-20(26)11-9-19/h8-11,14-15,21,26H,4-7,12-13H2,1-3H3,(H,24,27). The zero-order valence-electron chi connectivity index (χ0n) is 17.8. The summed E-state index contributed by atoms with van der Waals surface area (Å²) < 4.78 is 28.1. The van der Waals surface area contributed by atoms with Crippen LogP contribution in [-0.2, 0) is 21.2 Å². The molecule has 2 N–H and O–H groups in total. The number of amides is 1. The van der Waals surface area contributed by atoms with E-state index in [0.717, 1.165) is 24.0 Å².